The third-order valence-corrected chi connectivity index (χ3v) is 7.65. The summed E-state index contributed by atoms with van der Waals surface area (Å²) in [6.07, 6.45) is 7.81. The smallest absolute Gasteiger partial charge is 0.275 e. The van der Waals surface area contributed by atoms with Crippen molar-refractivity contribution < 1.29 is 39.8 Å². The van der Waals surface area contributed by atoms with Gasteiger partial charge >= 0.3 is 0 Å². The van der Waals surface area contributed by atoms with Crippen LogP contribution in [0.1, 0.15) is 37.3 Å². The van der Waals surface area contributed by atoms with Gasteiger partial charge in [0.2, 0.25) is 5.89 Å². The van der Waals surface area contributed by atoms with Crippen LogP contribution in [-0.4, -0.2) is 55.7 Å². The van der Waals surface area contributed by atoms with Gasteiger partial charge in [0.15, 0.2) is 12.1 Å². The SMILES string of the molecule is C=CCc1cc(-c2ccc(OCCC[N+](C)(C)CC(=O)NCCCC)c(CC=C)c2)c2oc(-c3ccc(Cl)cc3F)nc2c1.[Br-]. The van der Waals surface area contributed by atoms with Gasteiger partial charge in [0.05, 0.1) is 32.8 Å². The molecule has 0 spiro atoms. The molecule has 240 valence electrons. The zero-order valence-corrected chi connectivity index (χ0v) is 28.6. The van der Waals surface area contributed by atoms with E-state index in [1.54, 1.807) is 12.1 Å². The molecule has 0 aliphatic carbocycles. The van der Waals surface area contributed by atoms with E-state index in [2.05, 4.69) is 56.6 Å². The Hall–Kier alpha value is -3.46. The number of nitrogens with zero attached hydrogens (tertiary/aromatic N) is 2. The fraction of sp³-hybridized carbons (Fsp3) is 0.333. The van der Waals surface area contributed by atoms with Crippen molar-refractivity contribution >= 4 is 28.6 Å². The van der Waals surface area contributed by atoms with Crippen molar-refractivity contribution in [2.75, 3.05) is 40.3 Å². The fourth-order valence-electron chi connectivity index (χ4n) is 5.17. The number of carbonyl (C=O) groups excluding carboxylic acids is 1. The summed E-state index contributed by atoms with van der Waals surface area (Å²) in [6.45, 7) is 12.4. The zero-order chi connectivity index (χ0) is 31.7. The highest BCUT2D eigenvalue weighted by Gasteiger charge is 2.21. The number of hydrogen-bond acceptors (Lipinski definition) is 4. The number of fused-ring (bicyclic) bond motifs is 1. The minimum Gasteiger partial charge on any atom is -1.00 e. The Bertz CT molecular complexity index is 1640. The number of quaternary nitrogens is 1. The van der Waals surface area contributed by atoms with Crippen molar-refractivity contribution in [2.24, 2.45) is 0 Å². The predicted molar refractivity (Wildman–Crippen MR) is 178 cm³/mol. The number of carbonyl (C=O) groups is 1. The van der Waals surface area contributed by atoms with Crippen LogP contribution in [0.4, 0.5) is 4.39 Å². The van der Waals surface area contributed by atoms with Gasteiger partial charge in [-0.2, -0.15) is 0 Å². The topological polar surface area (TPSA) is 64.4 Å². The fourth-order valence-corrected chi connectivity index (χ4v) is 5.33. The van der Waals surface area contributed by atoms with Crippen molar-refractivity contribution in [1.29, 1.82) is 0 Å². The number of aromatic nitrogens is 1. The summed E-state index contributed by atoms with van der Waals surface area (Å²) >= 11 is 5.96. The molecule has 0 atom stereocenters. The minimum atomic E-state index is -0.496. The van der Waals surface area contributed by atoms with Crippen LogP contribution in [0.15, 0.2) is 78.3 Å². The zero-order valence-electron chi connectivity index (χ0n) is 26.3. The number of benzene rings is 3. The van der Waals surface area contributed by atoms with Crippen molar-refractivity contribution in [3.05, 3.63) is 95.8 Å². The third-order valence-electron chi connectivity index (χ3n) is 7.42. The van der Waals surface area contributed by atoms with E-state index < -0.39 is 5.82 Å². The van der Waals surface area contributed by atoms with E-state index >= 15 is 0 Å². The van der Waals surface area contributed by atoms with Gasteiger partial charge in [-0.05, 0) is 78.4 Å². The lowest BCUT2D eigenvalue weighted by atomic mass is 9.97. The molecule has 4 rings (SSSR count). The summed E-state index contributed by atoms with van der Waals surface area (Å²) in [5, 5.41) is 3.31. The summed E-state index contributed by atoms with van der Waals surface area (Å²) in [4.78, 5) is 16.9. The number of halogens is 3. The largest absolute Gasteiger partial charge is 1.00 e. The van der Waals surface area contributed by atoms with Crippen LogP contribution in [0.25, 0.3) is 33.7 Å². The van der Waals surface area contributed by atoms with Crippen molar-refractivity contribution in [2.45, 2.75) is 39.0 Å². The average molecular weight is 699 g/mol. The van der Waals surface area contributed by atoms with E-state index in [0.29, 0.717) is 46.6 Å². The van der Waals surface area contributed by atoms with Crippen molar-refractivity contribution in [3.8, 4) is 28.3 Å². The maximum absolute atomic E-state index is 14.7. The number of rotatable bonds is 16. The second-order valence-electron chi connectivity index (χ2n) is 11.7. The summed E-state index contributed by atoms with van der Waals surface area (Å²) in [6, 6.07) is 14.5. The number of ether oxygens (including phenoxy) is 1. The maximum atomic E-state index is 14.7. The lowest BCUT2D eigenvalue weighted by Gasteiger charge is -2.29. The Kier molecular flexibility index (Phi) is 13.4. The Morgan fingerprint density at radius 3 is 2.56 bits per heavy atom. The summed E-state index contributed by atoms with van der Waals surface area (Å²) < 4.78 is 27.8. The summed E-state index contributed by atoms with van der Waals surface area (Å²) in [5.41, 5.74) is 5.23. The third kappa shape index (κ3) is 9.76. The summed E-state index contributed by atoms with van der Waals surface area (Å²) in [5.74, 6) is 0.564. The molecule has 1 amide bonds. The highest BCUT2D eigenvalue weighted by Crippen LogP contribution is 2.37. The molecule has 0 aliphatic heterocycles. The van der Waals surface area contributed by atoms with E-state index in [-0.39, 0.29) is 34.3 Å². The number of unbranched alkanes of at least 4 members (excludes halogenated alkanes) is 1. The Morgan fingerprint density at radius 2 is 1.84 bits per heavy atom. The first-order valence-corrected chi connectivity index (χ1v) is 15.5. The second kappa shape index (κ2) is 16.7. The van der Waals surface area contributed by atoms with Gasteiger partial charge in [0.25, 0.3) is 5.91 Å². The normalized spacial score (nSPS) is 11.2. The highest BCUT2D eigenvalue weighted by atomic mass is 79.9. The van der Waals surface area contributed by atoms with Crippen LogP contribution in [0.5, 0.6) is 5.75 Å². The van der Waals surface area contributed by atoms with Gasteiger partial charge in [-0.25, -0.2) is 9.37 Å². The molecule has 0 saturated carbocycles. The van der Waals surface area contributed by atoms with Gasteiger partial charge in [0.1, 0.15) is 17.1 Å². The van der Waals surface area contributed by atoms with Crippen LogP contribution in [0.3, 0.4) is 0 Å². The molecule has 3 aromatic carbocycles. The van der Waals surface area contributed by atoms with Crippen LogP contribution >= 0.6 is 11.6 Å². The van der Waals surface area contributed by atoms with Crippen LogP contribution in [0.2, 0.25) is 5.02 Å². The average Bonchev–Trinajstić information content (AvgIpc) is 3.39. The van der Waals surface area contributed by atoms with Crippen molar-refractivity contribution in [1.82, 2.24) is 10.3 Å². The van der Waals surface area contributed by atoms with Gasteiger partial charge in [-0.1, -0.05) is 43.2 Å². The van der Waals surface area contributed by atoms with Crippen LogP contribution < -0.4 is 27.0 Å². The van der Waals surface area contributed by atoms with Gasteiger partial charge in [-0.15, -0.1) is 13.2 Å². The number of amides is 1. The summed E-state index contributed by atoms with van der Waals surface area (Å²) in [7, 11) is 4.13. The van der Waals surface area contributed by atoms with Gasteiger partial charge < -0.3 is 35.9 Å². The number of oxazole rings is 1. The molecule has 0 fully saturated rings. The van der Waals surface area contributed by atoms with E-state index in [9.17, 15) is 9.18 Å². The number of likely N-dealkylation sites (N-methyl/N-ethyl adjacent to an activating group) is 1. The lowest BCUT2D eigenvalue weighted by Crippen LogP contribution is -3.00. The Labute approximate surface area is 281 Å². The molecule has 4 aromatic rings. The molecule has 0 bridgehead atoms. The van der Waals surface area contributed by atoms with E-state index in [1.165, 1.54) is 6.07 Å². The van der Waals surface area contributed by atoms with Gasteiger partial charge in [0, 0.05) is 23.6 Å². The monoisotopic (exact) mass is 697 g/mol. The molecule has 6 nitrogen and oxygen atoms in total. The second-order valence-corrected chi connectivity index (χ2v) is 12.1. The van der Waals surface area contributed by atoms with E-state index in [0.717, 1.165) is 60.4 Å². The minimum absolute atomic E-state index is 0. The number of allylic oxidation sites excluding steroid dienone is 2. The first-order valence-electron chi connectivity index (χ1n) is 15.1. The molecule has 1 N–H and O–H groups in total. The first kappa shape index (κ1) is 36.0. The molecule has 45 heavy (non-hydrogen) atoms. The lowest BCUT2D eigenvalue weighted by molar-refractivity contribution is -0.882. The first-order chi connectivity index (χ1) is 21.1. The molecule has 1 heterocycles. The molecule has 1 aromatic heterocycles. The molecular formula is C36H42BrClFN3O3. The predicted octanol–water partition coefficient (Wildman–Crippen LogP) is 5.18. The molecule has 0 radical (unpaired) electrons. The maximum Gasteiger partial charge on any atom is 0.275 e. The molecule has 0 aliphatic rings. The van der Waals surface area contributed by atoms with Crippen LogP contribution in [-0.2, 0) is 17.6 Å². The van der Waals surface area contributed by atoms with Gasteiger partial charge in [-0.3, -0.25) is 4.79 Å². The Balaban J connectivity index is 0.00000552. The molecule has 0 saturated heterocycles. The van der Waals surface area contributed by atoms with E-state index in [1.807, 2.05) is 30.4 Å². The molecular weight excluding hydrogens is 657 g/mol. The Morgan fingerprint density at radius 1 is 1.07 bits per heavy atom. The van der Waals surface area contributed by atoms with Crippen LogP contribution in [0, 0.1) is 5.82 Å². The number of nitrogens with one attached hydrogen (secondary N) is 1. The highest BCUT2D eigenvalue weighted by molar-refractivity contribution is 6.30. The van der Waals surface area contributed by atoms with Crippen molar-refractivity contribution in [3.63, 3.8) is 0 Å². The quantitative estimate of drug-likeness (QED) is 0.0997. The molecule has 9 heteroatoms. The molecule has 0 unspecified atom stereocenters. The van der Waals surface area contributed by atoms with E-state index in [4.69, 9.17) is 20.8 Å². The standard InChI is InChI=1S/C36H41ClFN3O3.BrH/c1-6-9-17-39-34(42)24-41(4,5)18-10-19-43-33-16-13-26(22-27(33)12-8-3)30-20-25(11-7-2)21-32-35(30)44-36(40-32)29-15-14-28(37)23-31(29)38;/h7-8,13-16,20-23H,2-3,6,9-12,17-19,24H2,1,4-5H3;1H. The number of hydrogen-bond donors (Lipinski definition) is 1.